The van der Waals surface area contributed by atoms with Gasteiger partial charge in [-0.25, -0.2) is 4.79 Å². The smallest absolute Gasteiger partial charge is 0.320 e. The number of nitrogens with zero attached hydrogens (tertiary/aromatic N) is 2. The van der Waals surface area contributed by atoms with Crippen LogP contribution in [-0.4, -0.2) is 54.3 Å². The summed E-state index contributed by atoms with van der Waals surface area (Å²) >= 11 is 0. The maximum Gasteiger partial charge on any atom is 0.320 e. The van der Waals surface area contributed by atoms with Crippen molar-refractivity contribution in [2.24, 2.45) is 0 Å². The fourth-order valence-electron chi connectivity index (χ4n) is 1.20. The molecule has 14 heavy (non-hydrogen) atoms. The van der Waals surface area contributed by atoms with Crippen molar-refractivity contribution in [3.63, 3.8) is 0 Å². The summed E-state index contributed by atoms with van der Waals surface area (Å²) in [6.45, 7) is 1.52. The number of imide groups is 1. The lowest BCUT2D eigenvalue weighted by atomic mass is 10.2. The molecule has 6 nitrogen and oxygen atoms in total. The molecule has 0 aromatic rings. The molecule has 0 aromatic heterocycles. The van der Waals surface area contributed by atoms with Crippen LogP contribution < -0.4 is 5.32 Å². The molecule has 0 bridgehead atoms. The molecule has 0 aliphatic carbocycles. The second-order valence-corrected chi connectivity index (χ2v) is 3.39. The van der Waals surface area contributed by atoms with Crippen molar-refractivity contribution < 1.29 is 14.4 Å². The molecule has 1 rings (SSSR count). The Balaban J connectivity index is 2.81. The van der Waals surface area contributed by atoms with E-state index in [2.05, 4.69) is 5.32 Å². The Morgan fingerprint density at radius 1 is 1.50 bits per heavy atom. The lowest BCUT2D eigenvalue weighted by Crippen LogP contribution is -2.60. The van der Waals surface area contributed by atoms with Gasteiger partial charge in [-0.15, -0.1) is 0 Å². The zero-order valence-corrected chi connectivity index (χ0v) is 8.40. The third kappa shape index (κ3) is 1.84. The van der Waals surface area contributed by atoms with E-state index in [0.717, 1.165) is 0 Å². The molecule has 78 valence electrons. The van der Waals surface area contributed by atoms with Gasteiger partial charge in [0.1, 0.15) is 12.6 Å². The van der Waals surface area contributed by atoms with Gasteiger partial charge in [0, 0.05) is 14.1 Å². The molecular weight excluding hydrogens is 186 g/mol. The van der Waals surface area contributed by atoms with Crippen LogP contribution in [0.5, 0.6) is 0 Å². The van der Waals surface area contributed by atoms with Gasteiger partial charge in [-0.2, -0.15) is 0 Å². The third-order valence-electron chi connectivity index (χ3n) is 2.05. The minimum absolute atomic E-state index is 0.0656. The van der Waals surface area contributed by atoms with Crippen molar-refractivity contribution >= 4 is 17.8 Å². The van der Waals surface area contributed by atoms with E-state index in [-0.39, 0.29) is 12.6 Å². The molecule has 1 aliphatic heterocycles. The summed E-state index contributed by atoms with van der Waals surface area (Å²) in [4.78, 5) is 36.3. The molecule has 0 saturated carbocycles. The number of hydrogen-bond donors (Lipinski definition) is 1. The maximum atomic E-state index is 11.5. The molecule has 0 radical (unpaired) electrons. The average Bonchev–Trinajstić information content (AvgIpc) is 2.09. The summed E-state index contributed by atoms with van der Waals surface area (Å²) < 4.78 is 0. The van der Waals surface area contributed by atoms with Crippen molar-refractivity contribution in [3.05, 3.63) is 0 Å². The number of carbonyl (C=O) groups excluding carboxylic acids is 3. The highest BCUT2D eigenvalue weighted by molar-refractivity contribution is 6.03. The summed E-state index contributed by atoms with van der Waals surface area (Å²) in [5.74, 6) is -0.875. The highest BCUT2D eigenvalue weighted by atomic mass is 16.2. The second-order valence-electron chi connectivity index (χ2n) is 3.39. The van der Waals surface area contributed by atoms with Gasteiger partial charge >= 0.3 is 6.03 Å². The van der Waals surface area contributed by atoms with Crippen LogP contribution in [0, 0.1) is 0 Å². The second kappa shape index (κ2) is 3.65. The number of hydrogen-bond acceptors (Lipinski definition) is 3. The van der Waals surface area contributed by atoms with Crippen LogP contribution in [0.15, 0.2) is 0 Å². The predicted octanol–water partition coefficient (Wildman–Crippen LogP) is -0.985. The molecular formula is C8H13N3O3. The lowest BCUT2D eigenvalue weighted by molar-refractivity contribution is -0.138. The van der Waals surface area contributed by atoms with Crippen molar-refractivity contribution in [1.82, 2.24) is 15.1 Å². The molecule has 1 atom stereocenters. The summed E-state index contributed by atoms with van der Waals surface area (Å²) in [5, 5.41) is 2.16. The molecule has 1 N–H and O–H groups in total. The molecule has 1 heterocycles. The van der Waals surface area contributed by atoms with E-state index < -0.39 is 17.9 Å². The van der Waals surface area contributed by atoms with Crippen molar-refractivity contribution in [1.29, 1.82) is 0 Å². The Hall–Kier alpha value is -1.59. The van der Waals surface area contributed by atoms with Crippen molar-refractivity contribution in [2.75, 3.05) is 20.6 Å². The van der Waals surface area contributed by atoms with E-state index in [1.807, 2.05) is 0 Å². The van der Waals surface area contributed by atoms with Gasteiger partial charge in [0.15, 0.2) is 0 Å². The van der Waals surface area contributed by atoms with Crippen LogP contribution in [-0.2, 0) is 9.59 Å². The fourth-order valence-corrected chi connectivity index (χ4v) is 1.20. The highest BCUT2D eigenvalue weighted by Crippen LogP contribution is 2.06. The van der Waals surface area contributed by atoms with Gasteiger partial charge in [0.2, 0.25) is 11.8 Å². The number of carbonyl (C=O) groups is 3. The first-order valence-electron chi connectivity index (χ1n) is 4.25. The number of piperazine rings is 1. The van der Waals surface area contributed by atoms with Crippen LogP contribution in [0.3, 0.4) is 0 Å². The molecule has 1 saturated heterocycles. The minimum Gasteiger partial charge on any atom is -0.331 e. The zero-order valence-electron chi connectivity index (χ0n) is 8.40. The summed E-state index contributed by atoms with van der Waals surface area (Å²) in [5.41, 5.74) is 0. The minimum atomic E-state index is -0.595. The van der Waals surface area contributed by atoms with E-state index in [4.69, 9.17) is 0 Å². The van der Waals surface area contributed by atoms with Crippen molar-refractivity contribution in [2.45, 2.75) is 13.0 Å². The van der Waals surface area contributed by atoms with E-state index in [1.165, 1.54) is 9.80 Å². The Morgan fingerprint density at radius 2 is 2.07 bits per heavy atom. The average molecular weight is 199 g/mol. The standard InChI is InChI=1S/C8H13N3O3/c1-5-7(13)9-6(12)4-11(5)8(14)10(2)3/h5H,4H2,1-3H3,(H,9,12,13). The topological polar surface area (TPSA) is 69.7 Å². The quantitative estimate of drug-likeness (QED) is 0.509. The van der Waals surface area contributed by atoms with Crippen LogP contribution in [0.4, 0.5) is 4.79 Å². The Kier molecular flexibility index (Phi) is 2.73. The van der Waals surface area contributed by atoms with E-state index in [0.29, 0.717) is 0 Å². The first kappa shape index (κ1) is 10.5. The fraction of sp³-hybridized carbons (Fsp3) is 0.625. The molecule has 1 fully saturated rings. The summed E-state index contributed by atoms with van der Waals surface area (Å²) in [6.07, 6.45) is 0. The summed E-state index contributed by atoms with van der Waals surface area (Å²) in [7, 11) is 3.15. The van der Waals surface area contributed by atoms with Gasteiger partial charge in [-0.3, -0.25) is 14.9 Å². The van der Waals surface area contributed by atoms with Crippen LogP contribution in [0.2, 0.25) is 0 Å². The third-order valence-corrected chi connectivity index (χ3v) is 2.05. The Bertz CT molecular complexity index is 288. The lowest BCUT2D eigenvalue weighted by Gasteiger charge is -2.33. The van der Waals surface area contributed by atoms with Gasteiger partial charge in [0.25, 0.3) is 0 Å². The number of nitrogens with one attached hydrogen (secondary N) is 1. The predicted molar refractivity (Wildman–Crippen MR) is 48.4 cm³/mol. The maximum absolute atomic E-state index is 11.5. The van der Waals surface area contributed by atoms with E-state index in [1.54, 1.807) is 21.0 Å². The molecule has 4 amide bonds. The zero-order chi connectivity index (χ0) is 10.9. The van der Waals surface area contributed by atoms with Crippen LogP contribution in [0.25, 0.3) is 0 Å². The SMILES string of the molecule is CC1C(=O)NC(=O)CN1C(=O)N(C)C. The Morgan fingerprint density at radius 3 is 2.57 bits per heavy atom. The first-order valence-corrected chi connectivity index (χ1v) is 4.25. The summed E-state index contributed by atoms with van der Waals surface area (Å²) in [6, 6.07) is -0.928. The number of rotatable bonds is 0. The van der Waals surface area contributed by atoms with Crippen LogP contribution >= 0.6 is 0 Å². The molecule has 0 spiro atoms. The van der Waals surface area contributed by atoms with Gasteiger partial charge in [0.05, 0.1) is 0 Å². The highest BCUT2D eigenvalue weighted by Gasteiger charge is 2.34. The van der Waals surface area contributed by atoms with E-state index in [9.17, 15) is 14.4 Å². The van der Waals surface area contributed by atoms with E-state index >= 15 is 0 Å². The number of amides is 4. The van der Waals surface area contributed by atoms with Crippen LogP contribution in [0.1, 0.15) is 6.92 Å². The normalized spacial score (nSPS) is 21.9. The van der Waals surface area contributed by atoms with Gasteiger partial charge in [-0.1, -0.05) is 0 Å². The molecule has 0 aromatic carbocycles. The molecule has 6 heteroatoms. The van der Waals surface area contributed by atoms with Gasteiger partial charge in [-0.05, 0) is 6.92 Å². The Labute approximate surface area is 81.8 Å². The largest absolute Gasteiger partial charge is 0.331 e. The molecule has 1 aliphatic rings. The molecule has 1 unspecified atom stereocenters. The monoisotopic (exact) mass is 199 g/mol. The van der Waals surface area contributed by atoms with Gasteiger partial charge < -0.3 is 9.80 Å². The first-order chi connectivity index (χ1) is 6.43. The van der Waals surface area contributed by atoms with Crippen molar-refractivity contribution in [3.8, 4) is 0 Å². The number of urea groups is 1.